The number of amides is 1. The summed E-state index contributed by atoms with van der Waals surface area (Å²) in [5.41, 5.74) is 2.95. The van der Waals surface area contributed by atoms with E-state index in [2.05, 4.69) is 22.1 Å². The average molecular weight is 415 g/mol. The van der Waals surface area contributed by atoms with E-state index in [4.69, 9.17) is 9.47 Å². The summed E-state index contributed by atoms with van der Waals surface area (Å²) in [6.07, 6.45) is 1.37. The van der Waals surface area contributed by atoms with E-state index in [1.165, 1.54) is 0 Å². The van der Waals surface area contributed by atoms with Gasteiger partial charge in [-0.1, -0.05) is 54.6 Å². The Balaban J connectivity index is 1.67. The van der Waals surface area contributed by atoms with Crippen LogP contribution in [-0.2, 0) is 11.3 Å². The normalized spacial score (nSPS) is 16.8. The molecule has 1 aliphatic heterocycles. The summed E-state index contributed by atoms with van der Waals surface area (Å²) in [4.78, 5) is 15.1. The molecular weight excluding hydrogens is 390 g/mol. The van der Waals surface area contributed by atoms with Gasteiger partial charge in [-0.15, -0.1) is 0 Å². The number of hydrogen-bond acceptors (Lipinski definition) is 5. The molecule has 0 saturated carbocycles. The topological polar surface area (TPSA) is 54.4 Å². The first-order valence-corrected chi connectivity index (χ1v) is 10.1. The van der Waals surface area contributed by atoms with Gasteiger partial charge in [-0.25, -0.2) is 5.01 Å². The molecule has 31 heavy (non-hydrogen) atoms. The minimum Gasteiger partial charge on any atom is -0.497 e. The van der Waals surface area contributed by atoms with Crippen molar-refractivity contribution in [1.29, 1.82) is 0 Å². The molecule has 3 aromatic rings. The van der Waals surface area contributed by atoms with Crippen LogP contribution in [0.15, 0.2) is 84.0 Å². The maximum Gasteiger partial charge on any atom is 0.258 e. The Morgan fingerprint density at radius 3 is 2.39 bits per heavy atom. The van der Waals surface area contributed by atoms with Crippen molar-refractivity contribution in [3.05, 3.63) is 95.6 Å². The van der Waals surface area contributed by atoms with Gasteiger partial charge in [0.25, 0.3) is 5.91 Å². The number of methoxy groups -OCH3 is 2. The van der Waals surface area contributed by atoms with Crippen LogP contribution >= 0.6 is 0 Å². The van der Waals surface area contributed by atoms with Crippen LogP contribution in [0.2, 0.25) is 0 Å². The van der Waals surface area contributed by atoms with Crippen molar-refractivity contribution < 1.29 is 14.3 Å². The SMILES string of the molecule is COc1cccc(/C=N\N2C(=O)CN(Cc3ccccc3)[C@@H]2c2cccc(OC)c2)c1. The lowest BCUT2D eigenvalue weighted by atomic mass is 10.1. The zero-order valence-corrected chi connectivity index (χ0v) is 17.6. The minimum absolute atomic E-state index is 0.0529. The Morgan fingerprint density at radius 2 is 1.65 bits per heavy atom. The predicted octanol–water partition coefficient (Wildman–Crippen LogP) is 4.08. The Kier molecular flexibility index (Phi) is 6.29. The quantitative estimate of drug-likeness (QED) is 0.546. The third-order valence-electron chi connectivity index (χ3n) is 5.22. The van der Waals surface area contributed by atoms with Gasteiger partial charge in [0, 0.05) is 6.54 Å². The highest BCUT2D eigenvalue weighted by Crippen LogP contribution is 2.34. The van der Waals surface area contributed by atoms with E-state index in [-0.39, 0.29) is 18.6 Å². The number of carbonyl (C=O) groups is 1. The maximum atomic E-state index is 13.0. The van der Waals surface area contributed by atoms with Crippen LogP contribution in [0, 0.1) is 0 Å². The monoisotopic (exact) mass is 415 g/mol. The molecule has 0 unspecified atom stereocenters. The molecule has 3 aromatic carbocycles. The summed E-state index contributed by atoms with van der Waals surface area (Å²) in [5.74, 6) is 1.43. The van der Waals surface area contributed by atoms with Gasteiger partial charge in [0.2, 0.25) is 0 Å². The van der Waals surface area contributed by atoms with Crippen molar-refractivity contribution in [3.63, 3.8) is 0 Å². The number of rotatable bonds is 7. The smallest absolute Gasteiger partial charge is 0.258 e. The van der Waals surface area contributed by atoms with Crippen molar-refractivity contribution in [3.8, 4) is 11.5 Å². The van der Waals surface area contributed by atoms with Crippen molar-refractivity contribution in [2.45, 2.75) is 12.7 Å². The first-order valence-electron chi connectivity index (χ1n) is 10.1. The molecule has 4 rings (SSSR count). The van der Waals surface area contributed by atoms with E-state index < -0.39 is 0 Å². The highest BCUT2D eigenvalue weighted by atomic mass is 16.5. The lowest BCUT2D eigenvalue weighted by Gasteiger charge is -2.27. The predicted molar refractivity (Wildman–Crippen MR) is 120 cm³/mol. The van der Waals surface area contributed by atoms with Crippen LogP contribution in [0.4, 0.5) is 0 Å². The molecule has 158 valence electrons. The first-order chi connectivity index (χ1) is 15.2. The molecule has 0 spiro atoms. The number of hydrazone groups is 1. The largest absolute Gasteiger partial charge is 0.497 e. The Labute approximate surface area is 182 Å². The van der Waals surface area contributed by atoms with Crippen LogP contribution in [0.25, 0.3) is 0 Å². The average Bonchev–Trinajstić information content (AvgIpc) is 3.13. The molecule has 0 bridgehead atoms. The number of ether oxygens (including phenoxy) is 2. The van der Waals surface area contributed by atoms with Crippen LogP contribution < -0.4 is 9.47 Å². The van der Waals surface area contributed by atoms with Crippen LogP contribution in [0.5, 0.6) is 11.5 Å². The van der Waals surface area contributed by atoms with E-state index in [0.717, 1.165) is 28.2 Å². The number of benzene rings is 3. The van der Waals surface area contributed by atoms with Gasteiger partial charge in [-0.3, -0.25) is 9.69 Å². The molecule has 1 fully saturated rings. The van der Waals surface area contributed by atoms with Crippen molar-refractivity contribution >= 4 is 12.1 Å². The standard InChI is InChI=1S/C25H25N3O3/c1-30-22-12-6-10-20(14-22)16-26-28-24(29)18-27(17-19-8-4-3-5-9-19)25(28)21-11-7-13-23(15-21)31-2/h3-16,25H,17-18H2,1-2H3/b26-16-/t25-/m0/s1. The highest BCUT2D eigenvalue weighted by Gasteiger charge is 2.39. The summed E-state index contributed by atoms with van der Waals surface area (Å²) < 4.78 is 10.7. The maximum absolute atomic E-state index is 13.0. The van der Waals surface area contributed by atoms with Crippen molar-refractivity contribution in [1.82, 2.24) is 9.91 Å². The summed E-state index contributed by atoms with van der Waals surface area (Å²) in [5, 5.41) is 6.13. The summed E-state index contributed by atoms with van der Waals surface area (Å²) >= 11 is 0. The molecule has 1 heterocycles. The molecule has 1 aliphatic rings. The lowest BCUT2D eigenvalue weighted by Crippen LogP contribution is -2.28. The molecule has 1 saturated heterocycles. The van der Waals surface area contributed by atoms with Crippen LogP contribution in [0.3, 0.4) is 0 Å². The van der Waals surface area contributed by atoms with Gasteiger partial charge in [-0.2, -0.15) is 5.10 Å². The van der Waals surface area contributed by atoms with Gasteiger partial charge in [0.1, 0.15) is 17.7 Å². The van der Waals surface area contributed by atoms with E-state index in [9.17, 15) is 4.79 Å². The Bertz CT molecular complexity index is 1070. The van der Waals surface area contributed by atoms with E-state index in [1.807, 2.05) is 66.7 Å². The minimum atomic E-state index is -0.329. The number of carbonyl (C=O) groups excluding carboxylic acids is 1. The highest BCUT2D eigenvalue weighted by molar-refractivity contribution is 5.85. The summed E-state index contributed by atoms with van der Waals surface area (Å²) in [6, 6.07) is 25.5. The second kappa shape index (κ2) is 9.45. The van der Waals surface area contributed by atoms with Crippen molar-refractivity contribution in [2.75, 3.05) is 20.8 Å². The van der Waals surface area contributed by atoms with Gasteiger partial charge in [0.15, 0.2) is 0 Å². The first kappa shape index (κ1) is 20.6. The fourth-order valence-electron chi connectivity index (χ4n) is 3.72. The fourth-order valence-corrected chi connectivity index (χ4v) is 3.72. The molecule has 0 radical (unpaired) electrons. The molecule has 6 nitrogen and oxygen atoms in total. The Hall–Kier alpha value is -3.64. The third kappa shape index (κ3) is 4.75. The van der Waals surface area contributed by atoms with Gasteiger partial charge in [-0.05, 0) is 41.0 Å². The molecule has 0 aromatic heterocycles. The van der Waals surface area contributed by atoms with Gasteiger partial charge < -0.3 is 9.47 Å². The van der Waals surface area contributed by atoms with Gasteiger partial charge >= 0.3 is 0 Å². The molecule has 1 amide bonds. The molecule has 0 aliphatic carbocycles. The number of hydrogen-bond donors (Lipinski definition) is 0. The van der Waals surface area contributed by atoms with E-state index in [0.29, 0.717) is 6.54 Å². The summed E-state index contributed by atoms with van der Waals surface area (Å²) in [7, 11) is 3.26. The molecule has 1 atom stereocenters. The Morgan fingerprint density at radius 1 is 0.935 bits per heavy atom. The lowest BCUT2D eigenvalue weighted by molar-refractivity contribution is -0.128. The number of nitrogens with zero attached hydrogens (tertiary/aromatic N) is 3. The molecule has 0 N–H and O–H groups in total. The molecule has 6 heteroatoms. The second-order valence-electron chi connectivity index (χ2n) is 7.30. The zero-order valence-electron chi connectivity index (χ0n) is 17.6. The van der Waals surface area contributed by atoms with Crippen LogP contribution in [-0.4, -0.2) is 42.8 Å². The third-order valence-corrected chi connectivity index (χ3v) is 5.22. The van der Waals surface area contributed by atoms with Gasteiger partial charge in [0.05, 0.1) is 27.0 Å². The van der Waals surface area contributed by atoms with E-state index >= 15 is 0 Å². The van der Waals surface area contributed by atoms with Crippen molar-refractivity contribution in [2.24, 2.45) is 5.10 Å². The summed E-state index contributed by atoms with van der Waals surface area (Å²) in [6.45, 7) is 0.922. The second-order valence-corrected chi connectivity index (χ2v) is 7.30. The zero-order chi connectivity index (χ0) is 21.6. The fraction of sp³-hybridized carbons (Fsp3) is 0.200. The van der Waals surface area contributed by atoms with E-state index in [1.54, 1.807) is 25.4 Å². The van der Waals surface area contributed by atoms with Crippen LogP contribution in [0.1, 0.15) is 22.9 Å². The molecular formula is C25H25N3O3.